The van der Waals surface area contributed by atoms with Crippen molar-refractivity contribution in [1.29, 1.82) is 0 Å². The second-order valence-electron chi connectivity index (χ2n) is 3.65. The summed E-state index contributed by atoms with van der Waals surface area (Å²) in [5.41, 5.74) is 0. The Morgan fingerprint density at radius 1 is 1.25 bits per heavy atom. The Balaban J connectivity index is 2.31. The quantitative estimate of drug-likeness (QED) is 0.639. The minimum Gasteiger partial charge on any atom is -0.463 e. The number of ether oxygens (including phenoxy) is 3. The van der Waals surface area contributed by atoms with Gasteiger partial charge >= 0.3 is 5.97 Å². The Bertz CT molecular complexity index is 401. The first-order valence-corrected chi connectivity index (χ1v) is 5.28. The molecular formula is C12H14O4. The molecule has 0 aromatic rings. The maximum Gasteiger partial charge on any atom is 0.377 e. The summed E-state index contributed by atoms with van der Waals surface area (Å²) in [6.07, 6.45) is 6.86. The van der Waals surface area contributed by atoms with Gasteiger partial charge in [-0.05, 0) is 38.3 Å². The van der Waals surface area contributed by atoms with E-state index in [1.807, 2.05) is 12.2 Å². The number of rotatable bonds is 1. The second-order valence-corrected chi connectivity index (χ2v) is 3.65. The van der Waals surface area contributed by atoms with Gasteiger partial charge in [0.15, 0.2) is 17.3 Å². The predicted octanol–water partition coefficient (Wildman–Crippen LogP) is 2.39. The Kier molecular flexibility index (Phi) is 2.99. The molecule has 0 aromatic carbocycles. The minimum atomic E-state index is -0.512. The van der Waals surface area contributed by atoms with Gasteiger partial charge < -0.3 is 14.2 Å². The molecule has 1 aliphatic heterocycles. The van der Waals surface area contributed by atoms with E-state index in [4.69, 9.17) is 9.47 Å². The summed E-state index contributed by atoms with van der Waals surface area (Å²) < 4.78 is 15.7. The number of carbonyl (C=O) groups is 1. The van der Waals surface area contributed by atoms with Crippen molar-refractivity contribution in [2.45, 2.75) is 26.2 Å². The number of allylic oxidation sites excluding steroid dienone is 3. The third-order valence-electron chi connectivity index (χ3n) is 2.48. The van der Waals surface area contributed by atoms with Gasteiger partial charge in [0.05, 0.1) is 7.11 Å². The van der Waals surface area contributed by atoms with E-state index in [1.54, 1.807) is 6.92 Å². The van der Waals surface area contributed by atoms with Crippen molar-refractivity contribution in [3.05, 3.63) is 35.2 Å². The van der Waals surface area contributed by atoms with Crippen molar-refractivity contribution in [3.63, 3.8) is 0 Å². The zero-order valence-corrected chi connectivity index (χ0v) is 9.41. The van der Waals surface area contributed by atoms with Crippen LogP contribution in [-0.2, 0) is 19.0 Å². The lowest BCUT2D eigenvalue weighted by Gasteiger charge is -2.22. The van der Waals surface area contributed by atoms with Crippen LogP contribution in [0.25, 0.3) is 0 Å². The highest BCUT2D eigenvalue weighted by atomic mass is 16.6. The van der Waals surface area contributed by atoms with Crippen LogP contribution >= 0.6 is 0 Å². The van der Waals surface area contributed by atoms with Crippen LogP contribution in [0.4, 0.5) is 0 Å². The third-order valence-corrected chi connectivity index (χ3v) is 2.48. The van der Waals surface area contributed by atoms with Crippen molar-refractivity contribution in [2.75, 3.05) is 7.11 Å². The molecule has 4 nitrogen and oxygen atoms in total. The molecule has 2 rings (SSSR count). The van der Waals surface area contributed by atoms with Gasteiger partial charge in [-0.3, -0.25) is 0 Å². The fourth-order valence-corrected chi connectivity index (χ4v) is 1.64. The van der Waals surface area contributed by atoms with Crippen LogP contribution in [-0.4, -0.2) is 13.1 Å². The number of hydrogen-bond acceptors (Lipinski definition) is 4. The molecule has 0 amide bonds. The Morgan fingerprint density at radius 3 is 2.50 bits per heavy atom. The standard InChI is InChI=1S/C12H14O4/c1-8-11(12(13)14-2)16-10-7-5-3-4-6-9(10)15-8/h6-7H,3-5H2,1-2H3. The van der Waals surface area contributed by atoms with E-state index < -0.39 is 5.97 Å². The molecule has 1 aliphatic carbocycles. The summed E-state index contributed by atoms with van der Waals surface area (Å²) in [6.45, 7) is 1.69. The number of fused-ring (bicyclic) bond motifs is 1. The average molecular weight is 222 g/mol. The monoisotopic (exact) mass is 222 g/mol. The first-order chi connectivity index (χ1) is 7.72. The SMILES string of the molecule is COC(=O)C1=C(C)OC2=CCCCC=C2O1. The molecule has 0 aromatic heterocycles. The summed E-state index contributed by atoms with van der Waals surface area (Å²) in [7, 11) is 1.32. The average Bonchev–Trinajstić information content (AvgIpc) is 2.51. The second kappa shape index (κ2) is 4.43. The largest absolute Gasteiger partial charge is 0.463 e. The highest BCUT2D eigenvalue weighted by Gasteiger charge is 2.27. The van der Waals surface area contributed by atoms with Gasteiger partial charge in [0.1, 0.15) is 0 Å². The van der Waals surface area contributed by atoms with Gasteiger partial charge in [-0.25, -0.2) is 4.79 Å². The molecule has 0 atom stereocenters. The first kappa shape index (κ1) is 10.8. The fourth-order valence-electron chi connectivity index (χ4n) is 1.64. The van der Waals surface area contributed by atoms with Crippen LogP contribution in [0.3, 0.4) is 0 Å². The Labute approximate surface area is 94.2 Å². The molecular weight excluding hydrogens is 208 g/mol. The lowest BCUT2D eigenvalue weighted by molar-refractivity contribution is -0.140. The number of hydrogen-bond donors (Lipinski definition) is 0. The molecule has 86 valence electrons. The molecule has 0 spiro atoms. The van der Waals surface area contributed by atoms with E-state index in [-0.39, 0.29) is 5.76 Å². The fraction of sp³-hybridized carbons (Fsp3) is 0.417. The lowest BCUT2D eigenvalue weighted by Crippen LogP contribution is -2.17. The zero-order valence-electron chi connectivity index (χ0n) is 9.41. The topological polar surface area (TPSA) is 44.8 Å². The van der Waals surface area contributed by atoms with Crippen LogP contribution in [0, 0.1) is 0 Å². The van der Waals surface area contributed by atoms with Gasteiger partial charge in [0.25, 0.3) is 0 Å². The van der Waals surface area contributed by atoms with Crippen molar-refractivity contribution >= 4 is 5.97 Å². The highest BCUT2D eigenvalue weighted by Crippen LogP contribution is 2.31. The van der Waals surface area contributed by atoms with Crippen LogP contribution < -0.4 is 0 Å². The summed E-state index contributed by atoms with van der Waals surface area (Å²) in [4.78, 5) is 11.4. The van der Waals surface area contributed by atoms with Crippen molar-refractivity contribution in [1.82, 2.24) is 0 Å². The summed E-state index contributed by atoms with van der Waals surface area (Å²) >= 11 is 0. The Morgan fingerprint density at radius 2 is 1.88 bits per heavy atom. The predicted molar refractivity (Wildman–Crippen MR) is 56.9 cm³/mol. The molecule has 4 heteroatoms. The third kappa shape index (κ3) is 1.96. The van der Waals surface area contributed by atoms with Crippen molar-refractivity contribution in [3.8, 4) is 0 Å². The smallest absolute Gasteiger partial charge is 0.377 e. The van der Waals surface area contributed by atoms with Crippen LogP contribution in [0.5, 0.6) is 0 Å². The van der Waals surface area contributed by atoms with E-state index in [0.29, 0.717) is 17.3 Å². The van der Waals surface area contributed by atoms with Gasteiger partial charge in [0.2, 0.25) is 5.76 Å². The molecule has 0 N–H and O–H groups in total. The van der Waals surface area contributed by atoms with Crippen LogP contribution in [0.1, 0.15) is 26.2 Å². The first-order valence-electron chi connectivity index (χ1n) is 5.28. The molecule has 0 fully saturated rings. The molecule has 0 bridgehead atoms. The summed E-state index contributed by atoms with van der Waals surface area (Å²) in [6, 6.07) is 0. The van der Waals surface area contributed by atoms with Crippen molar-refractivity contribution in [2.24, 2.45) is 0 Å². The number of methoxy groups -OCH3 is 1. The summed E-state index contributed by atoms with van der Waals surface area (Å²) in [5, 5.41) is 0. The normalized spacial score (nSPS) is 19.6. The zero-order chi connectivity index (χ0) is 11.5. The van der Waals surface area contributed by atoms with Crippen molar-refractivity contribution < 1.29 is 19.0 Å². The highest BCUT2D eigenvalue weighted by molar-refractivity contribution is 5.87. The van der Waals surface area contributed by atoms with Gasteiger partial charge in [-0.2, -0.15) is 0 Å². The lowest BCUT2D eigenvalue weighted by atomic mass is 10.2. The molecule has 2 aliphatic rings. The number of carbonyl (C=O) groups excluding carboxylic acids is 1. The van der Waals surface area contributed by atoms with Crippen LogP contribution in [0.15, 0.2) is 35.2 Å². The van der Waals surface area contributed by atoms with Gasteiger partial charge in [-0.1, -0.05) is 0 Å². The maximum atomic E-state index is 11.4. The molecule has 0 saturated heterocycles. The van der Waals surface area contributed by atoms with Gasteiger partial charge in [0, 0.05) is 0 Å². The molecule has 0 unspecified atom stereocenters. The molecule has 1 heterocycles. The van der Waals surface area contributed by atoms with Gasteiger partial charge in [-0.15, -0.1) is 0 Å². The van der Waals surface area contributed by atoms with E-state index in [9.17, 15) is 4.79 Å². The van der Waals surface area contributed by atoms with E-state index >= 15 is 0 Å². The molecule has 0 radical (unpaired) electrons. The van der Waals surface area contributed by atoms with E-state index in [1.165, 1.54) is 7.11 Å². The molecule has 16 heavy (non-hydrogen) atoms. The van der Waals surface area contributed by atoms with Crippen LogP contribution in [0.2, 0.25) is 0 Å². The van der Waals surface area contributed by atoms with E-state index in [2.05, 4.69) is 4.74 Å². The Hall–Kier alpha value is -1.71. The maximum absolute atomic E-state index is 11.4. The summed E-state index contributed by atoms with van der Waals surface area (Å²) in [5.74, 6) is 1.37. The molecule has 0 saturated carbocycles. The minimum absolute atomic E-state index is 0.132. The van der Waals surface area contributed by atoms with E-state index in [0.717, 1.165) is 19.3 Å². The number of esters is 1.